The number of hydrogen-bond donors (Lipinski definition) is 4. The number of benzene rings is 2. The highest BCUT2D eigenvalue weighted by Gasteiger charge is 2.36. The van der Waals surface area contributed by atoms with Crippen molar-refractivity contribution in [1.29, 1.82) is 0 Å². The monoisotopic (exact) mass is 457 g/mol. The number of imide groups is 1. The molecule has 0 aliphatic carbocycles. The van der Waals surface area contributed by atoms with Gasteiger partial charge in [0.05, 0.1) is 35.5 Å². The van der Waals surface area contributed by atoms with Crippen molar-refractivity contribution in [2.45, 2.75) is 31.3 Å². The van der Waals surface area contributed by atoms with Crippen LogP contribution in [0.4, 0.5) is 0 Å². The van der Waals surface area contributed by atoms with Crippen LogP contribution in [0.5, 0.6) is 0 Å². The molecule has 3 atom stereocenters. The number of carbonyl (C=O) groups excluding carboxylic acids is 2. The number of ether oxygens (including phenoxy) is 1. The summed E-state index contributed by atoms with van der Waals surface area (Å²) in [5.41, 5.74) is 3.59. The molecule has 0 radical (unpaired) electrons. The Bertz CT molecular complexity index is 1480. The van der Waals surface area contributed by atoms with Crippen LogP contribution in [0, 0.1) is 0 Å². The van der Waals surface area contributed by atoms with E-state index >= 15 is 0 Å². The zero-order valence-corrected chi connectivity index (χ0v) is 18.2. The Balaban J connectivity index is 1.57. The number of aliphatic hydroxyl groups excluding tert-OH is 2. The van der Waals surface area contributed by atoms with E-state index in [0.717, 1.165) is 21.8 Å². The molecule has 8 heteroatoms. The molecule has 2 amide bonds. The van der Waals surface area contributed by atoms with E-state index in [9.17, 15) is 19.8 Å². The van der Waals surface area contributed by atoms with Gasteiger partial charge in [-0.3, -0.25) is 14.9 Å². The van der Waals surface area contributed by atoms with Crippen molar-refractivity contribution in [3.63, 3.8) is 0 Å². The lowest BCUT2D eigenvalue weighted by molar-refractivity contribution is -0.140. The SMILES string of the molecule is O=C1NC(=O)C(c2cn([C@H]3C[C@H](O)C[C@@H](CO)O3)c3ccccc23)=C1c1c[nH]c2ccccc12. The third kappa shape index (κ3) is 3.19. The van der Waals surface area contributed by atoms with Gasteiger partial charge >= 0.3 is 0 Å². The van der Waals surface area contributed by atoms with Crippen molar-refractivity contribution in [1.82, 2.24) is 14.9 Å². The lowest BCUT2D eigenvalue weighted by atomic mass is 9.95. The molecule has 172 valence electrons. The Hall–Kier alpha value is -3.72. The standard InChI is InChI=1S/C26H23N3O5/c30-13-15-9-14(31)10-22(34-15)29-12-19(17-6-2-4-8-21(17)29)24-23(25(32)28-26(24)33)18-11-27-20-7-3-1-5-16(18)20/h1-8,11-12,14-15,22,27,30-31H,9-10,13H2,(H,28,32,33)/t14-,15+,22-/m1/s1. The molecular weight excluding hydrogens is 434 g/mol. The van der Waals surface area contributed by atoms with E-state index in [2.05, 4.69) is 10.3 Å². The van der Waals surface area contributed by atoms with Gasteiger partial charge in [0.15, 0.2) is 0 Å². The highest BCUT2D eigenvalue weighted by Crippen LogP contribution is 2.40. The number of rotatable bonds is 4. The van der Waals surface area contributed by atoms with Gasteiger partial charge in [0, 0.05) is 52.7 Å². The van der Waals surface area contributed by atoms with E-state index in [1.807, 2.05) is 59.3 Å². The maximum absolute atomic E-state index is 13.1. The molecule has 0 saturated carbocycles. The molecule has 34 heavy (non-hydrogen) atoms. The van der Waals surface area contributed by atoms with Crippen LogP contribution in [0.15, 0.2) is 60.9 Å². The molecule has 2 aliphatic rings. The Morgan fingerprint density at radius 2 is 1.65 bits per heavy atom. The smallest absolute Gasteiger partial charge is 0.259 e. The summed E-state index contributed by atoms with van der Waals surface area (Å²) >= 11 is 0. The van der Waals surface area contributed by atoms with Crippen LogP contribution in [-0.2, 0) is 14.3 Å². The lowest BCUT2D eigenvalue weighted by Gasteiger charge is -2.33. The van der Waals surface area contributed by atoms with Gasteiger partial charge in [0.1, 0.15) is 6.23 Å². The average molecular weight is 457 g/mol. The van der Waals surface area contributed by atoms with Crippen LogP contribution in [0.3, 0.4) is 0 Å². The summed E-state index contributed by atoms with van der Waals surface area (Å²) in [4.78, 5) is 29.3. The van der Waals surface area contributed by atoms with E-state index in [1.165, 1.54) is 0 Å². The number of H-pyrrole nitrogens is 1. The molecule has 2 aliphatic heterocycles. The number of amides is 2. The maximum atomic E-state index is 13.1. The summed E-state index contributed by atoms with van der Waals surface area (Å²) in [5.74, 6) is -0.891. The molecule has 4 N–H and O–H groups in total. The molecule has 6 rings (SSSR count). The number of carbonyl (C=O) groups is 2. The predicted octanol–water partition coefficient (Wildman–Crippen LogP) is 2.72. The largest absolute Gasteiger partial charge is 0.394 e. The molecule has 0 unspecified atom stereocenters. The fourth-order valence-electron chi connectivity index (χ4n) is 5.15. The van der Waals surface area contributed by atoms with Crippen molar-refractivity contribution in [2.75, 3.05) is 6.61 Å². The van der Waals surface area contributed by atoms with Gasteiger partial charge in [-0.25, -0.2) is 0 Å². The van der Waals surface area contributed by atoms with Gasteiger partial charge in [-0.1, -0.05) is 36.4 Å². The number of nitrogens with one attached hydrogen (secondary N) is 2. The predicted molar refractivity (Wildman–Crippen MR) is 126 cm³/mol. The van der Waals surface area contributed by atoms with Gasteiger partial charge < -0.3 is 24.5 Å². The molecule has 2 aromatic heterocycles. The van der Waals surface area contributed by atoms with Gasteiger partial charge in [-0.2, -0.15) is 0 Å². The number of fused-ring (bicyclic) bond motifs is 2. The zero-order chi connectivity index (χ0) is 23.4. The second-order valence-corrected chi connectivity index (χ2v) is 8.77. The first-order chi connectivity index (χ1) is 16.5. The summed E-state index contributed by atoms with van der Waals surface area (Å²) in [7, 11) is 0. The molecule has 4 aromatic rings. The second-order valence-electron chi connectivity index (χ2n) is 8.77. The summed E-state index contributed by atoms with van der Waals surface area (Å²) in [5, 5.41) is 24.1. The van der Waals surface area contributed by atoms with E-state index in [-0.39, 0.29) is 6.61 Å². The van der Waals surface area contributed by atoms with Crippen molar-refractivity contribution >= 4 is 44.8 Å². The molecule has 4 heterocycles. The summed E-state index contributed by atoms with van der Waals surface area (Å²) in [6, 6.07) is 15.2. The number of aliphatic hydroxyl groups is 2. The van der Waals surface area contributed by atoms with Crippen molar-refractivity contribution in [3.8, 4) is 0 Å². The Morgan fingerprint density at radius 1 is 0.941 bits per heavy atom. The lowest BCUT2D eigenvalue weighted by Crippen LogP contribution is -2.35. The molecule has 0 bridgehead atoms. The highest BCUT2D eigenvalue weighted by atomic mass is 16.5. The van der Waals surface area contributed by atoms with Crippen molar-refractivity contribution in [2.24, 2.45) is 0 Å². The minimum atomic E-state index is -0.613. The average Bonchev–Trinajstić information content (AvgIpc) is 3.51. The van der Waals surface area contributed by atoms with Gasteiger partial charge in [-0.15, -0.1) is 0 Å². The fraction of sp³-hybridized carbons (Fsp3) is 0.231. The van der Waals surface area contributed by atoms with Gasteiger partial charge in [0.2, 0.25) is 0 Å². The minimum Gasteiger partial charge on any atom is -0.394 e. The number of hydrogen-bond acceptors (Lipinski definition) is 5. The third-order valence-electron chi connectivity index (χ3n) is 6.67. The Kier molecular flexibility index (Phi) is 4.88. The number of para-hydroxylation sites is 2. The number of aromatic amines is 1. The molecule has 2 aromatic carbocycles. The zero-order valence-electron chi connectivity index (χ0n) is 18.2. The number of nitrogens with zero attached hydrogens (tertiary/aromatic N) is 1. The molecule has 1 saturated heterocycles. The Morgan fingerprint density at radius 3 is 2.44 bits per heavy atom. The van der Waals surface area contributed by atoms with Crippen LogP contribution < -0.4 is 5.32 Å². The van der Waals surface area contributed by atoms with Crippen LogP contribution >= 0.6 is 0 Å². The molecular formula is C26H23N3O5. The fourth-order valence-corrected chi connectivity index (χ4v) is 5.15. The summed E-state index contributed by atoms with van der Waals surface area (Å²) in [6.45, 7) is -0.188. The second kappa shape index (κ2) is 7.95. The quantitative estimate of drug-likeness (QED) is 0.352. The van der Waals surface area contributed by atoms with Gasteiger partial charge in [-0.05, 0) is 12.1 Å². The first-order valence-electron chi connectivity index (χ1n) is 11.3. The molecule has 0 spiro atoms. The van der Waals surface area contributed by atoms with E-state index in [4.69, 9.17) is 4.74 Å². The maximum Gasteiger partial charge on any atom is 0.259 e. The van der Waals surface area contributed by atoms with E-state index < -0.39 is 30.3 Å². The number of aromatic nitrogens is 2. The first-order valence-corrected chi connectivity index (χ1v) is 11.3. The van der Waals surface area contributed by atoms with Crippen LogP contribution in [0.2, 0.25) is 0 Å². The molecule has 1 fully saturated rings. The van der Waals surface area contributed by atoms with Crippen molar-refractivity contribution < 1.29 is 24.5 Å². The van der Waals surface area contributed by atoms with Crippen LogP contribution in [-0.4, -0.2) is 50.4 Å². The Labute approximate surface area is 194 Å². The van der Waals surface area contributed by atoms with E-state index in [0.29, 0.717) is 35.1 Å². The minimum absolute atomic E-state index is 0.188. The molecule has 8 nitrogen and oxygen atoms in total. The first kappa shape index (κ1) is 20.9. The van der Waals surface area contributed by atoms with Crippen molar-refractivity contribution in [3.05, 3.63) is 72.1 Å². The highest BCUT2D eigenvalue weighted by molar-refractivity contribution is 6.50. The topological polar surface area (TPSA) is 117 Å². The van der Waals surface area contributed by atoms with Crippen LogP contribution in [0.25, 0.3) is 33.0 Å². The third-order valence-corrected chi connectivity index (χ3v) is 6.67. The van der Waals surface area contributed by atoms with Gasteiger partial charge in [0.25, 0.3) is 11.8 Å². The summed E-state index contributed by atoms with van der Waals surface area (Å²) in [6.07, 6.45) is 2.68. The van der Waals surface area contributed by atoms with Crippen LogP contribution in [0.1, 0.15) is 30.2 Å². The normalized spacial score (nSPS) is 23.3. The van der Waals surface area contributed by atoms with E-state index in [1.54, 1.807) is 6.20 Å². The summed E-state index contributed by atoms with van der Waals surface area (Å²) < 4.78 is 7.93.